The van der Waals surface area contributed by atoms with E-state index in [0.717, 1.165) is 24.6 Å². The molecule has 2 fully saturated rings. The molecule has 0 aromatic carbocycles. The van der Waals surface area contributed by atoms with E-state index in [9.17, 15) is 0 Å². The minimum Gasteiger partial charge on any atom is -0.445 e. The molecule has 1 unspecified atom stereocenters. The number of hydrogen-bond acceptors (Lipinski definition) is 3. The van der Waals surface area contributed by atoms with E-state index >= 15 is 0 Å². The van der Waals surface area contributed by atoms with E-state index in [4.69, 9.17) is 4.42 Å². The first-order chi connectivity index (χ1) is 7.76. The van der Waals surface area contributed by atoms with E-state index in [1.54, 1.807) is 0 Å². The lowest BCUT2D eigenvalue weighted by Gasteiger charge is -2.21. The van der Waals surface area contributed by atoms with Gasteiger partial charge in [-0.05, 0) is 32.2 Å². The molecule has 0 amide bonds. The molecule has 0 spiro atoms. The predicted molar refractivity (Wildman–Crippen MR) is 62.4 cm³/mol. The average Bonchev–Trinajstić information content (AvgIpc) is 2.88. The Morgan fingerprint density at radius 2 is 2.38 bits per heavy atom. The van der Waals surface area contributed by atoms with Gasteiger partial charge in [0.05, 0.1) is 6.20 Å². The third kappa shape index (κ3) is 2.01. The highest BCUT2D eigenvalue weighted by Gasteiger charge is 2.42. The van der Waals surface area contributed by atoms with Crippen molar-refractivity contribution >= 4 is 0 Å². The number of aromatic nitrogens is 1. The summed E-state index contributed by atoms with van der Waals surface area (Å²) in [6, 6.07) is 0.576. The Bertz CT molecular complexity index is 362. The van der Waals surface area contributed by atoms with Crippen molar-refractivity contribution < 1.29 is 4.42 Å². The van der Waals surface area contributed by atoms with Gasteiger partial charge in [0.15, 0.2) is 5.89 Å². The van der Waals surface area contributed by atoms with Crippen LogP contribution in [0.3, 0.4) is 0 Å². The fraction of sp³-hybridized carbons (Fsp3) is 0.769. The lowest BCUT2D eigenvalue weighted by Crippen LogP contribution is -2.35. The molecule has 3 rings (SSSR count). The smallest absolute Gasteiger partial charge is 0.195 e. The molecular formula is C13H20N2O. The summed E-state index contributed by atoms with van der Waals surface area (Å²) in [5, 5.41) is 3.53. The minimum absolute atomic E-state index is 0.311. The Kier molecular flexibility index (Phi) is 2.51. The van der Waals surface area contributed by atoms with Crippen molar-refractivity contribution in [2.75, 3.05) is 6.54 Å². The van der Waals surface area contributed by atoms with E-state index in [1.807, 2.05) is 6.20 Å². The van der Waals surface area contributed by atoms with Gasteiger partial charge in [-0.1, -0.05) is 13.3 Å². The summed E-state index contributed by atoms with van der Waals surface area (Å²) >= 11 is 0. The van der Waals surface area contributed by atoms with Gasteiger partial charge in [-0.15, -0.1) is 0 Å². The molecule has 1 atom stereocenters. The van der Waals surface area contributed by atoms with Crippen LogP contribution in [0.15, 0.2) is 10.6 Å². The van der Waals surface area contributed by atoms with Crippen molar-refractivity contribution in [1.29, 1.82) is 0 Å². The number of piperidine rings is 1. The fourth-order valence-corrected chi connectivity index (χ4v) is 2.43. The van der Waals surface area contributed by atoms with Crippen molar-refractivity contribution in [2.24, 2.45) is 0 Å². The molecule has 1 N–H and O–H groups in total. The van der Waals surface area contributed by atoms with Crippen molar-refractivity contribution in [2.45, 2.75) is 56.9 Å². The fourth-order valence-electron chi connectivity index (χ4n) is 2.43. The summed E-state index contributed by atoms with van der Waals surface area (Å²) in [6.07, 6.45) is 9.30. The zero-order valence-electron chi connectivity index (χ0n) is 9.96. The zero-order valence-corrected chi connectivity index (χ0v) is 9.96. The van der Waals surface area contributed by atoms with Crippen LogP contribution in [0.1, 0.15) is 50.7 Å². The van der Waals surface area contributed by atoms with Gasteiger partial charge < -0.3 is 9.73 Å². The van der Waals surface area contributed by atoms with Gasteiger partial charge in [0, 0.05) is 17.9 Å². The number of nitrogens with zero attached hydrogens (tertiary/aromatic N) is 1. The molecular weight excluding hydrogens is 200 g/mol. The number of rotatable bonds is 3. The molecule has 3 nitrogen and oxygen atoms in total. The second-order valence-corrected chi connectivity index (χ2v) is 5.53. The highest BCUT2D eigenvalue weighted by Crippen LogP contribution is 2.47. The predicted octanol–water partition coefficient (Wildman–Crippen LogP) is 2.41. The van der Waals surface area contributed by atoms with Crippen LogP contribution < -0.4 is 5.32 Å². The second kappa shape index (κ2) is 3.88. The number of hydrogen-bond donors (Lipinski definition) is 1. The summed E-state index contributed by atoms with van der Waals surface area (Å²) in [5.74, 6) is 2.01. The average molecular weight is 220 g/mol. The van der Waals surface area contributed by atoms with Gasteiger partial charge in [0.25, 0.3) is 0 Å². The summed E-state index contributed by atoms with van der Waals surface area (Å²) in [5.41, 5.74) is 0.311. The Balaban J connectivity index is 1.63. The lowest BCUT2D eigenvalue weighted by atomic mass is 10.0. The van der Waals surface area contributed by atoms with Gasteiger partial charge in [0.1, 0.15) is 5.76 Å². The van der Waals surface area contributed by atoms with Gasteiger partial charge in [-0.2, -0.15) is 0 Å². The molecule has 88 valence electrons. The van der Waals surface area contributed by atoms with E-state index in [0.29, 0.717) is 11.5 Å². The first-order valence-corrected chi connectivity index (χ1v) is 6.45. The van der Waals surface area contributed by atoms with Crippen LogP contribution >= 0.6 is 0 Å². The molecule has 2 aliphatic rings. The Morgan fingerprint density at radius 3 is 3.06 bits per heavy atom. The van der Waals surface area contributed by atoms with Crippen LogP contribution in [0, 0.1) is 0 Å². The van der Waals surface area contributed by atoms with E-state index in [1.165, 1.54) is 32.1 Å². The van der Waals surface area contributed by atoms with Crippen LogP contribution in [-0.4, -0.2) is 17.6 Å². The van der Waals surface area contributed by atoms with Crippen LogP contribution in [0.2, 0.25) is 0 Å². The van der Waals surface area contributed by atoms with Crippen LogP contribution in [-0.2, 0) is 11.8 Å². The lowest BCUT2D eigenvalue weighted by molar-refractivity contribution is 0.353. The second-order valence-electron chi connectivity index (χ2n) is 5.53. The highest BCUT2D eigenvalue weighted by molar-refractivity contribution is 5.18. The minimum atomic E-state index is 0.311. The molecule has 0 bridgehead atoms. The maximum Gasteiger partial charge on any atom is 0.195 e. The van der Waals surface area contributed by atoms with Crippen molar-refractivity contribution in [3.63, 3.8) is 0 Å². The quantitative estimate of drug-likeness (QED) is 0.850. The van der Waals surface area contributed by atoms with Gasteiger partial charge in [-0.25, -0.2) is 4.98 Å². The van der Waals surface area contributed by atoms with Crippen LogP contribution in [0.4, 0.5) is 0 Å². The number of nitrogens with one attached hydrogen (secondary N) is 1. The number of oxazole rings is 1. The van der Waals surface area contributed by atoms with Gasteiger partial charge in [-0.3, -0.25) is 0 Å². The monoisotopic (exact) mass is 220 g/mol. The van der Waals surface area contributed by atoms with Crippen molar-refractivity contribution in [1.82, 2.24) is 10.3 Å². The summed E-state index contributed by atoms with van der Waals surface area (Å²) in [4.78, 5) is 4.41. The molecule has 0 radical (unpaired) electrons. The standard InChI is InChI=1S/C13H20N2O/c1-13(5-6-13)11-9-15-12(16-11)8-10-4-2-3-7-14-10/h9-10,14H,2-8H2,1H3. The Labute approximate surface area is 96.6 Å². The first kappa shape index (κ1) is 10.3. The molecule has 1 aromatic rings. The largest absolute Gasteiger partial charge is 0.445 e. The molecule has 1 aromatic heterocycles. The highest BCUT2D eigenvalue weighted by atomic mass is 16.4. The van der Waals surface area contributed by atoms with Gasteiger partial charge in [0.2, 0.25) is 0 Å². The van der Waals surface area contributed by atoms with Crippen LogP contribution in [0.5, 0.6) is 0 Å². The normalized spacial score (nSPS) is 27.9. The molecule has 2 heterocycles. The third-order valence-electron chi connectivity index (χ3n) is 3.98. The first-order valence-electron chi connectivity index (χ1n) is 6.45. The molecule has 3 heteroatoms. The van der Waals surface area contributed by atoms with Crippen molar-refractivity contribution in [3.05, 3.63) is 17.8 Å². The van der Waals surface area contributed by atoms with E-state index in [-0.39, 0.29) is 0 Å². The maximum atomic E-state index is 5.86. The zero-order chi connectivity index (χ0) is 11.0. The van der Waals surface area contributed by atoms with Crippen LogP contribution in [0.25, 0.3) is 0 Å². The Morgan fingerprint density at radius 1 is 1.50 bits per heavy atom. The van der Waals surface area contributed by atoms with Crippen molar-refractivity contribution in [3.8, 4) is 0 Å². The molecule has 1 saturated carbocycles. The third-order valence-corrected chi connectivity index (χ3v) is 3.98. The molecule has 16 heavy (non-hydrogen) atoms. The van der Waals surface area contributed by atoms with Gasteiger partial charge >= 0.3 is 0 Å². The van der Waals surface area contributed by atoms with E-state index in [2.05, 4.69) is 17.2 Å². The molecule has 1 aliphatic heterocycles. The summed E-state index contributed by atoms with van der Waals surface area (Å²) in [7, 11) is 0. The van der Waals surface area contributed by atoms with E-state index < -0.39 is 0 Å². The maximum absolute atomic E-state index is 5.86. The topological polar surface area (TPSA) is 38.1 Å². The summed E-state index contributed by atoms with van der Waals surface area (Å²) in [6.45, 7) is 3.41. The molecule has 1 saturated heterocycles. The molecule has 1 aliphatic carbocycles. The summed E-state index contributed by atoms with van der Waals surface area (Å²) < 4.78 is 5.86. The Hall–Kier alpha value is -0.830. The SMILES string of the molecule is CC1(c2cnc(CC3CCCCN3)o2)CC1.